The largest absolute Gasteiger partial charge is 0.573 e. The van der Waals surface area contributed by atoms with Crippen LogP contribution < -0.4 is 10.1 Å². The standard InChI is InChI=1S/C20H17F3N2O6/c21-20(22,23)31-13-5-3-12(4-6-13)24-14(26)9-30-15(27)8-25-18(28)16-10-1-2-11(7-10)17(16)19(25)29/h1-6,10-11,16-17H,7-9H2,(H,24,26). The summed E-state index contributed by atoms with van der Waals surface area (Å²) in [6, 6.07) is 4.39. The highest BCUT2D eigenvalue weighted by Gasteiger charge is 2.59. The third-order valence-electron chi connectivity index (χ3n) is 5.58. The van der Waals surface area contributed by atoms with Gasteiger partial charge in [-0.25, -0.2) is 0 Å². The molecule has 4 atom stereocenters. The number of likely N-dealkylation sites (tertiary alicyclic amines) is 1. The molecular formula is C20H17F3N2O6. The summed E-state index contributed by atoms with van der Waals surface area (Å²) < 4.78 is 45.0. The molecule has 2 bridgehead atoms. The Bertz CT molecular complexity index is 929. The second kappa shape index (κ2) is 7.71. The summed E-state index contributed by atoms with van der Waals surface area (Å²) in [6.45, 7) is -1.25. The van der Waals surface area contributed by atoms with E-state index in [2.05, 4.69) is 10.1 Å². The van der Waals surface area contributed by atoms with Crippen molar-refractivity contribution in [1.29, 1.82) is 0 Å². The van der Waals surface area contributed by atoms with Gasteiger partial charge >= 0.3 is 12.3 Å². The smallest absolute Gasteiger partial charge is 0.454 e. The average Bonchev–Trinajstić information content (AvgIpc) is 3.37. The number of carbonyl (C=O) groups is 4. The number of halogens is 3. The first kappa shape index (κ1) is 20.9. The van der Waals surface area contributed by atoms with Crippen LogP contribution in [0.1, 0.15) is 6.42 Å². The van der Waals surface area contributed by atoms with Gasteiger partial charge in [0.15, 0.2) is 6.61 Å². The minimum Gasteiger partial charge on any atom is -0.454 e. The molecule has 2 aliphatic carbocycles. The Morgan fingerprint density at radius 1 is 1.03 bits per heavy atom. The predicted octanol–water partition coefficient (Wildman–Crippen LogP) is 1.87. The first-order chi connectivity index (χ1) is 14.6. The zero-order valence-electron chi connectivity index (χ0n) is 15.9. The summed E-state index contributed by atoms with van der Waals surface area (Å²) >= 11 is 0. The highest BCUT2D eigenvalue weighted by Crippen LogP contribution is 2.52. The van der Waals surface area contributed by atoms with Crippen LogP contribution in [0.25, 0.3) is 0 Å². The number of benzene rings is 1. The van der Waals surface area contributed by atoms with Crippen molar-refractivity contribution in [1.82, 2.24) is 4.90 Å². The monoisotopic (exact) mass is 438 g/mol. The molecule has 1 heterocycles. The van der Waals surface area contributed by atoms with E-state index in [1.54, 1.807) is 0 Å². The van der Waals surface area contributed by atoms with Crippen LogP contribution in [0.3, 0.4) is 0 Å². The summed E-state index contributed by atoms with van der Waals surface area (Å²) in [7, 11) is 0. The lowest BCUT2D eigenvalue weighted by molar-refractivity contribution is -0.274. The van der Waals surface area contributed by atoms with Crippen molar-refractivity contribution < 1.29 is 41.8 Å². The van der Waals surface area contributed by atoms with Gasteiger partial charge in [0.25, 0.3) is 5.91 Å². The fraction of sp³-hybridized carbons (Fsp3) is 0.400. The minimum absolute atomic E-state index is 0.0196. The highest BCUT2D eigenvalue weighted by atomic mass is 19.4. The second-order valence-corrected chi connectivity index (χ2v) is 7.54. The lowest BCUT2D eigenvalue weighted by Crippen LogP contribution is -2.38. The summed E-state index contributed by atoms with van der Waals surface area (Å²) in [5, 5.41) is 2.34. The van der Waals surface area contributed by atoms with Gasteiger partial charge < -0.3 is 14.8 Å². The Morgan fingerprint density at radius 3 is 2.16 bits per heavy atom. The Kier molecular flexibility index (Phi) is 5.19. The molecule has 31 heavy (non-hydrogen) atoms. The number of anilines is 1. The summed E-state index contributed by atoms with van der Waals surface area (Å²) in [5.74, 6) is -3.71. The van der Waals surface area contributed by atoms with Crippen molar-refractivity contribution in [2.24, 2.45) is 23.7 Å². The number of nitrogens with one attached hydrogen (secondary N) is 1. The zero-order chi connectivity index (χ0) is 22.3. The van der Waals surface area contributed by atoms with E-state index in [0.29, 0.717) is 0 Å². The number of hydrogen-bond acceptors (Lipinski definition) is 6. The lowest BCUT2D eigenvalue weighted by atomic mass is 9.85. The Balaban J connectivity index is 1.24. The third-order valence-corrected chi connectivity index (χ3v) is 5.58. The number of hydrogen-bond donors (Lipinski definition) is 1. The van der Waals surface area contributed by atoms with E-state index in [-0.39, 0.29) is 17.5 Å². The van der Waals surface area contributed by atoms with Crippen molar-refractivity contribution in [3.8, 4) is 5.75 Å². The van der Waals surface area contributed by atoms with Crippen LogP contribution >= 0.6 is 0 Å². The number of nitrogens with zero attached hydrogens (tertiary/aromatic N) is 1. The average molecular weight is 438 g/mol. The molecule has 2 fully saturated rings. The molecule has 11 heteroatoms. The van der Waals surface area contributed by atoms with Crippen LogP contribution in [0, 0.1) is 23.7 Å². The predicted molar refractivity (Wildman–Crippen MR) is 97.2 cm³/mol. The molecule has 0 radical (unpaired) electrons. The molecule has 3 aliphatic rings. The number of fused-ring (bicyclic) bond motifs is 5. The number of ether oxygens (including phenoxy) is 2. The van der Waals surface area contributed by atoms with Crippen LogP contribution in [0.5, 0.6) is 5.75 Å². The number of rotatable bonds is 6. The van der Waals surface area contributed by atoms with Crippen LogP contribution in [-0.4, -0.2) is 48.1 Å². The van der Waals surface area contributed by atoms with E-state index in [9.17, 15) is 32.3 Å². The van der Waals surface area contributed by atoms with Crippen molar-refractivity contribution in [2.45, 2.75) is 12.8 Å². The number of carbonyl (C=O) groups excluding carboxylic acids is 4. The van der Waals surface area contributed by atoms with Crippen LogP contribution in [0.15, 0.2) is 36.4 Å². The van der Waals surface area contributed by atoms with Gasteiger partial charge in [-0.3, -0.25) is 24.1 Å². The summed E-state index contributed by atoms with van der Waals surface area (Å²) in [4.78, 5) is 49.9. The van der Waals surface area contributed by atoms with Crippen LogP contribution in [0.4, 0.5) is 18.9 Å². The number of imide groups is 1. The van der Waals surface area contributed by atoms with Gasteiger partial charge in [0.2, 0.25) is 11.8 Å². The highest BCUT2D eigenvalue weighted by molar-refractivity contribution is 6.08. The molecule has 1 aliphatic heterocycles. The number of esters is 1. The van der Waals surface area contributed by atoms with Crippen LogP contribution in [-0.2, 0) is 23.9 Å². The molecule has 1 N–H and O–H groups in total. The van der Waals surface area contributed by atoms with Gasteiger partial charge in [-0.05, 0) is 42.5 Å². The molecule has 3 amide bonds. The van der Waals surface area contributed by atoms with Gasteiger partial charge in [0, 0.05) is 5.69 Å². The zero-order valence-corrected chi connectivity index (χ0v) is 15.9. The molecule has 8 nitrogen and oxygen atoms in total. The molecule has 164 valence electrons. The Morgan fingerprint density at radius 2 is 1.61 bits per heavy atom. The lowest BCUT2D eigenvalue weighted by Gasteiger charge is -2.16. The van der Waals surface area contributed by atoms with E-state index in [1.807, 2.05) is 12.2 Å². The van der Waals surface area contributed by atoms with E-state index in [4.69, 9.17) is 4.74 Å². The second-order valence-electron chi connectivity index (χ2n) is 7.54. The maximum absolute atomic E-state index is 12.5. The molecule has 0 aromatic heterocycles. The van der Waals surface area contributed by atoms with E-state index >= 15 is 0 Å². The number of amides is 3. The first-order valence-electron chi connectivity index (χ1n) is 9.47. The van der Waals surface area contributed by atoms with Gasteiger partial charge in [0.1, 0.15) is 12.3 Å². The quantitative estimate of drug-likeness (QED) is 0.413. The van der Waals surface area contributed by atoms with E-state index in [1.165, 1.54) is 12.1 Å². The molecule has 1 aromatic carbocycles. The molecule has 0 spiro atoms. The molecule has 1 saturated heterocycles. The first-order valence-corrected chi connectivity index (χ1v) is 9.47. The topological polar surface area (TPSA) is 102 Å². The fourth-order valence-corrected chi connectivity index (χ4v) is 4.38. The molecule has 1 saturated carbocycles. The third kappa shape index (κ3) is 4.25. The molecule has 1 aromatic rings. The number of alkyl halides is 3. The molecule has 4 unspecified atom stereocenters. The number of allylic oxidation sites excluding steroid dienone is 2. The normalized spacial score (nSPS) is 26.2. The van der Waals surface area contributed by atoms with Gasteiger partial charge in [-0.15, -0.1) is 13.2 Å². The van der Waals surface area contributed by atoms with Crippen molar-refractivity contribution in [3.05, 3.63) is 36.4 Å². The van der Waals surface area contributed by atoms with Gasteiger partial charge in [-0.2, -0.15) is 0 Å². The Hall–Kier alpha value is -3.37. The van der Waals surface area contributed by atoms with Crippen LogP contribution in [0.2, 0.25) is 0 Å². The van der Waals surface area contributed by atoms with Crippen molar-refractivity contribution in [3.63, 3.8) is 0 Å². The molecular weight excluding hydrogens is 421 g/mol. The minimum atomic E-state index is -4.83. The van der Waals surface area contributed by atoms with Crippen molar-refractivity contribution in [2.75, 3.05) is 18.5 Å². The SMILES string of the molecule is O=C(COC(=O)CN1C(=O)C2C3C=CC(C3)C2C1=O)Nc1ccc(OC(F)(F)F)cc1. The summed E-state index contributed by atoms with van der Waals surface area (Å²) in [6.07, 6.45) is -0.184. The van der Waals surface area contributed by atoms with E-state index in [0.717, 1.165) is 23.5 Å². The summed E-state index contributed by atoms with van der Waals surface area (Å²) in [5.41, 5.74) is 0.163. The van der Waals surface area contributed by atoms with Gasteiger partial charge in [0.05, 0.1) is 11.8 Å². The maximum Gasteiger partial charge on any atom is 0.573 e. The van der Waals surface area contributed by atoms with Gasteiger partial charge in [-0.1, -0.05) is 12.2 Å². The molecule has 4 rings (SSSR count). The maximum atomic E-state index is 12.5. The Labute approximate surface area is 174 Å². The van der Waals surface area contributed by atoms with E-state index < -0.39 is 60.8 Å². The van der Waals surface area contributed by atoms with Crippen molar-refractivity contribution >= 4 is 29.4 Å². The fourth-order valence-electron chi connectivity index (χ4n) is 4.38.